The van der Waals surface area contributed by atoms with Crippen molar-refractivity contribution in [2.24, 2.45) is 5.11 Å². The van der Waals surface area contributed by atoms with Crippen molar-refractivity contribution < 1.29 is 60.3 Å². The molecule has 0 bridgehead atoms. The van der Waals surface area contributed by atoms with Gasteiger partial charge in [0.1, 0.15) is 30.1 Å². The van der Waals surface area contributed by atoms with Crippen LogP contribution in [0.25, 0.3) is 21.5 Å². The van der Waals surface area contributed by atoms with Crippen LogP contribution in [0.1, 0.15) is 19.6 Å². The molecule has 3 rings (SSSR count). The zero-order chi connectivity index (χ0) is 26.9. The van der Waals surface area contributed by atoms with Gasteiger partial charge in [0, 0.05) is 24.5 Å². The third-order valence-electron chi connectivity index (χ3n) is 4.44. The van der Waals surface area contributed by atoms with Crippen molar-refractivity contribution in [3.8, 4) is 0 Å². The highest BCUT2D eigenvalue weighted by Gasteiger charge is 2.45. The molecule has 0 aliphatic carbocycles. The molecule has 3 heterocycles. The first-order valence-electron chi connectivity index (χ1n) is 9.45. The third kappa shape index (κ3) is 7.50. The molecule has 6 N–H and O–H groups in total. The van der Waals surface area contributed by atoms with E-state index >= 15 is 0 Å². The van der Waals surface area contributed by atoms with Gasteiger partial charge in [0.15, 0.2) is 0 Å². The van der Waals surface area contributed by atoms with Gasteiger partial charge in [0.2, 0.25) is 0 Å². The number of azide groups is 1. The van der Waals surface area contributed by atoms with Gasteiger partial charge in [-0.25, -0.2) is 28.1 Å². The van der Waals surface area contributed by atoms with Gasteiger partial charge in [-0.15, -0.1) is 0 Å². The van der Waals surface area contributed by atoms with Gasteiger partial charge in [-0.2, -0.15) is 8.62 Å². The second kappa shape index (κ2) is 10.4. The number of ether oxygens (including phenoxy) is 2. The van der Waals surface area contributed by atoms with Crippen LogP contribution in [0, 0.1) is 0 Å². The molecule has 0 amide bonds. The predicted molar refractivity (Wildman–Crippen MR) is 114 cm³/mol. The molecule has 0 spiro atoms. The average molecular weight is 577 g/mol. The lowest BCUT2D eigenvalue weighted by atomic mass is 10.2. The molecule has 23 heteroatoms. The molecule has 0 saturated carbocycles. The number of halogens is 1. The van der Waals surface area contributed by atoms with Gasteiger partial charge in [0.05, 0.1) is 18.1 Å². The van der Waals surface area contributed by atoms with Gasteiger partial charge >= 0.3 is 23.5 Å². The van der Waals surface area contributed by atoms with E-state index in [2.05, 4.69) is 33.1 Å². The number of hydrogen-bond acceptors (Lipinski definition) is 12. The molecular formula is C13H19FN7O12P3. The molecule has 1 aliphatic heterocycles. The lowest BCUT2D eigenvalue weighted by Crippen LogP contribution is -2.35. The Morgan fingerprint density at radius 3 is 2.64 bits per heavy atom. The molecule has 19 nitrogen and oxygen atoms in total. The van der Waals surface area contributed by atoms with Crippen LogP contribution in [0.5, 0.6) is 0 Å². The lowest BCUT2D eigenvalue weighted by Gasteiger charge is -2.24. The predicted octanol–water partition coefficient (Wildman–Crippen LogP) is 1.98. The fourth-order valence-electron chi connectivity index (χ4n) is 3.22. The Bertz CT molecular complexity index is 1310. The second-order valence-electron chi connectivity index (χ2n) is 7.19. The number of phosphoric ester groups is 1. The van der Waals surface area contributed by atoms with Gasteiger partial charge < -0.3 is 39.3 Å². The van der Waals surface area contributed by atoms with Gasteiger partial charge in [0.25, 0.3) is 5.98 Å². The van der Waals surface area contributed by atoms with E-state index in [9.17, 15) is 27.9 Å². The summed E-state index contributed by atoms with van der Waals surface area (Å²) in [5, 5.41) is 3.32. The second-order valence-corrected chi connectivity index (χ2v) is 11.6. The summed E-state index contributed by atoms with van der Waals surface area (Å²) in [7, 11) is -16.8. The first-order valence-corrected chi connectivity index (χ1v) is 14.0. The number of nitrogens with zero attached hydrogens (tertiary/aromatic N) is 6. The van der Waals surface area contributed by atoms with Crippen molar-refractivity contribution in [1.82, 2.24) is 14.5 Å². The summed E-state index contributed by atoms with van der Waals surface area (Å²) in [4.78, 5) is 46.4. The van der Waals surface area contributed by atoms with Crippen LogP contribution in [-0.2, 0) is 36.3 Å². The summed E-state index contributed by atoms with van der Waals surface area (Å²) in [6, 6.07) is 1.57. The number of alkyl halides is 1. The normalized spacial score (nSPS) is 25.6. The summed E-state index contributed by atoms with van der Waals surface area (Å²) in [5.41, 5.74) is 14.7. The monoisotopic (exact) mass is 577 g/mol. The molecule has 36 heavy (non-hydrogen) atoms. The van der Waals surface area contributed by atoms with E-state index in [1.807, 2.05) is 0 Å². The summed E-state index contributed by atoms with van der Waals surface area (Å²) < 4.78 is 73.0. The first kappa shape index (κ1) is 28.6. The average Bonchev–Trinajstić information content (AvgIpc) is 3.28. The zero-order valence-corrected chi connectivity index (χ0v) is 20.6. The van der Waals surface area contributed by atoms with Crippen LogP contribution in [-0.4, -0.2) is 58.9 Å². The maximum atomic E-state index is 14.5. The highest BCUT2D eigenvalue weighted by Crippen LogP contribution is 2.66. The molecule has 2 aromatic rings. The SMILES string of the molecule is C[C@@](F)(N=[N+]=[N-])OC1C[C@H](n2ccc3c(N)ncnc32)O[C@@H]1COP(=O)(O)OP(=O)(O)OP(=O)(O)O. The molecule has 3 unspecified atom stereocenters. The number of aromatic nitrogens is 3. The topological polar surface area (TPSA) is 284 Å². The van der Waals surface area contributed by atoms with Crippen molar-refractivity contribution in [2.45, 2.75) is 37.8 Å². The van der Waals surface area contributed by atoms with Crippen LogP contribution < -0.4 is 5.73 Å². The molecule has 2 aromatic heterocycles. The zero-order valence-electron chi connectivity index (χ0n) is 17.9. The van der Waals surface area contributed by atoms with Crippen molar-refractivity contribution in [2.75, 3.05) is 12.3 Å². The number of phosphoric acid groups is 3. The molecule has 1 aliphatic rings. The number of nitrogens with two attached hydrogens (primary N) is 1. The third-order valence-corrected chi connectivity index (χ3v) is 8.24. The lowest BCUT2D eigenvalue weighted by molar-refractivity contribution is -0.178. The summed E-state index contributed by atoms with van der Waals surface area (Å²) in [5.74, 6) is -2.72. The van der Waals surface area contributed by atoms with Gasteiger partial charge in [-0.05, 0) is 16.7 Å². The molecule has 1 fully saturated rings. The highest BCUT2D eigenvalue weighted by atomic mass is 31.3. The summed E-state index contributed by atoms with van der Waals surface area (Å²) in [6.07, 6.45) is -1.05. The standard InChI is InChI=1S/C13H19FN7O12P3/c1-13(14,19-20-16)31-8-4-10(21-3-2-7-11(15)17-6-18-12(7)21)30-9(8)5-29-35(25,26)33-36(27,28)32-34(22,23)24/h2-3,6,8-10H,4-5H2,1H3,(H,25,26)(H,27,28)(H2,15,17,18)(H2,22,23,24)/t8?,9-,10-,13-/m1/s1. The van der Waals surface area contributed by atoms with Gasteiger partial charge in [-0.1, -0.05) is 0 Å². The number of fused-ring (bicyclic) bond motifs is 1. The van der Waals surface area contributed by atoms with Crippen LogP contribution in [0.15, 0.2) is 23.7 Å². The van der Waals surface area contributed by atoms with E-state index < -0.39 is 54.5 Å². The van der Waals surface area contributed by atoms with Crippen LogP contribution in [0.2, 0.25) is 0 Å². The number of nitrogen functional groups attached to an aromatic ring is 1. The number of rotatable bonds is 11. The Kier molecular flexibility index (Phi) is 8.25. The minimum Gasteiger partial charge on any atom is -0.383 e. The van der Waals surface area contributed by atoms with Crippen LogP contribution >= 0.6 is 23.5 Å². The van der Waals surface area contributed by atoms with Crippen LogP contribution in [0.3, 0.4) is 0 Å². The van der Waals surface area contributed by atoms with Crippen molar-refractivity contribution >= 4 is 40.3 Å². The summed E-state index contributed by atoms with van der Waals surface area (Å²) >= 11 is 0. The number of hydrogen-bond donors (Lipinski definition) is 5. The molecule has 0 aromatic carbocycles. The first-order chi connectivity index (χ1) is 16.5. The molecular weight excluding hydrogens is 558 g/mol. The highest BCUT2D eigenvalue weighted by molar-refractivity contribution is 7.66. The van der Waals surface area contributed by atoms with E-state index in [0.717, 1.165) is 6.92 Å². The minimum absolute atomic E-state index is 0.140. The Morgan fingerprint density at radius 2 is 2.00 bits per heavy atom. The Hall–Kier alpha value is -2.01. The van der Waals surface area contributed by atoms with E-state index in [1.165, 1.54) is 17.1 Å². The van der Waals surface area contributed by atoms with Crippen molar-refractivity contribution in [3.63, 3.8) is 0 Å². The van der Waals surface area contributed by atoms with E-state index in [1.54, 1.807) is 6.07 Å². The Morgan fingerprint density at radius 1 is 1.31 bits per heavy atom. The molecule has 200 valence electrons. The Balaban J connectivity index is 1.80. The summed E-state index contributed by atoms with van der Waals surface area (Å²) in [6.45, 7) is -0.147. The van der Waals surface area contributed by atoms with Gasteiger partial charge in [-0.3, -0.25) is 4.52 Å². The maximum Gasteiger partial charge on any atom is 0.490 e. The smallest absolute Gasteiger partial charge is 0.383 e. The fraction of sp³-hybridized carbons (Fsp3) is 0.538. The van der Waals surface area contributed by atoms with Crippen molar-refractivity contribution in [3.05, 3.63) is 29.0 Å². The number of anilines is 1. The quantitative estimate of drug-likeness (QED) is 0.0839. The van der Waals surface area contributed by atoms with E-state index in [0.29, 0.717) is 11.0 Å². The molecule has 0 radical (unpaired) electrons. The molecule has 6 atom stereocenters. The van der Waals surface area contributed by atoms with Crippen LogP contribution in [0.4, 0.5) is 10.2 Å². The largest absolute Gasteiger partial charge is 0.490 e. The van der Waals surface area contributed by atoms with E-state index in [4.69, 9.17) is 30.5 Å². The van der Waals surface area contributed by atoms with Crippen molar-refractivity contribution in [1.29, 1.82) is 0 Å². The fourth-order valence-corrected chi connectivity index (χ4v) is 6.25. The Labute approximate surface area is 200 Å². The molecule has 1 saturated heterocycles. The van der Waals surface area contributed by atoms with E-state index in [-0.39, 0.29) is 12.2 Å². The maximum absolute atomic E-state index is 14.5. The minimum atomic E-state index is -5.76.